The molecule has 0 amide bonds. The molecule has 0 aliphatic carbocycles. The van der Waals surface area contributed by atoms with Crippen molar-refractivity contribution in [3.63, 3.8) is 0 Å². The lowest BCUT2D eigenvalue weighted by atomic mass is 10.2. The Bertz CT molecular complexity index is 1160. The monoisotopic (exact) mass is 351 g/mol. The number of pyridine rings is 1. The zero-order valence-corrected chi connectivity index (χ0v) is 14.1. The van der Waals surface area contributed by atoms with Crippen molar-refractivity contribution in [2.24, 2.45) is 0 Å². The Balaban J connectivity index is 1.58. The maximum absolute atomic E-state index is 12.2. The third kappa shape index (κ3) is 2.89. The highest BCUT2D eigenvalue weighted by Gasteiger charge is 2.11. The first-order valence-electron chi connectivity index (χ1n) is 7.60. The minimum absolute atomic E-state index is 0.0559. The standard InChI is InChI=1S/C18H13N3O3S/c1-11-3-2-6-21-16(22)8-13(20-17(11)21)9-24-18(23)12-4-5-14-15(7-12)25-10-19-14/h2-8,10H,9H2,1H3. The second-order valence-electron chi connectivity index (χ2n) is 5.58. The van der Waals surface area contributed by atoms with Crippen LogP contribution in [0.2, 0.25) is 0 Å². The largest absolute Gasteiger partial charge is 0.456 e. The number of benzene rings is 1. The predicted octanol–water partition coefficient (Wildman–Crippen LogP) is 2.97. The number of rotatable bonds is 3. The molecule has 0 spiro atoms. The van der Waals surface area contributed by atoms with Crippen molar-refractivity contribution in [2.75, 3.05) is 0 Å². The molecule has 0 aliphatic rings. The molecular formula is C18H13N3O3S. The Hall–Kier alpha value is -3.06. The highest BCUT2D eigenvalue weighted by molar-refractivity contribution is 7.16. The second-order valence-corrected chi connectivity index (χ2v) is 6.47. The van der Waals surface area contributed by atoms with Crippen molar-refractivity contribution >= 4 is 33.2 Å². The fourth-order valence-electron chi connectivity index (χ4n) is 2.59. The molecule has 1 aromatic carbocycles. The summed E-state index contributed by atoms with van der Waals surface area (Å²) in [6, 6.07) is 10.3. The van der Waals surface area contributed by atoms with Gasteiger partial charge in [0.2, 0.25) is 0 Å². The SMILES string of the molecule is Cc1cccn2c(=O)cc(COC(=O)c3ccc4ncsc4c3)nc12. The van der Waals surface area contributed by atoms with Crippen LogP contribution in [-0.4, -0.2) is 20.3 Å². The van der Waals surface area contributed by atoms with E-state index in [1.807, 2.05) is 13.0 Å². The van der Waals surface area contributed by atoms with E-state index in [2.05, 4.69) is 9.97 Å². The molecule has 6 nitrogen and oxygen atoms in total. The molecule has 4 rings (SSSR count). The summed E-state index contributed by atoms with van der Waals surface area (Å²) in [5, 5.41) is 0. The summed E-state index contributed by atoms with van der Waals surface area (Å²) in [7, 11) is 0. The lowest BCUT2D eigenvalue weighted by Gasteiger charge is -2.07. The summed E-state index contributed by atoms with van der Waals surface area (Å²) in [6.45, 7) is 1.82. The predicted molar refractivity (Wildman–Crippen MR) is 94.9 cm³/mol. The van der Waals surface area contributed by atoms with Gasteiger partial charge in [-0.05, 0) is 36.8 Å². The van der Waals surface area contributed by atoms with Crippen LogP contribution in [0.15, 0.2) is 52.9 Å². The van der Waals surface area contributed by atoms with Crippen LogP contribution in [0, 0.1) is 6.92 Å². The van der Waals surface area contributed by atoms with E-state index < -0.39 is 5.97 Å². The first-order chi connectivity index (χ1) is 12.1. The van der Waals surface area contributed by atoms with E-state index >= 15 is 0 Å². The van der Waals surface area contributed by atoms with Crippen molar-refractivity contribution < 1.29 is 9.53 Å². The van der Waals surface area contributed by atoms with Crippen molar-refractivity contribution in [3.8, 4) is 0 Å². The van der Waals surface area contributed by atoms with Crippen LogP contribution in [-0.2, 0) is 11.3 Å². The Kier molecular flexibility index (Phi) is 3.77. The van der Waals surface area contributed by atoms with Crippen molar-refractivity contribution in [3.05, 3.63) is 75.3 Å². The lowest BCUT2D eigenvalue weighted by molar-refractivity contribution is 0.0468. The van der Waals surface area contributed by atoms with Crippen LogP contribution in [0.3, 0.4) is 0 Å². The molecule has 0 atom stereocenters. The number of hydrogen-bond acceptors (Lipinski definition) is 6. The van der Waals surface area contributed by atoms with Crippen LogP contribution in [0.5, 0.6) is 0 Å². The average Bonchev–Trinajstić information content (AvgIpc) is 3.08. The molecule has 0 unspecified atom stereocenters. The van der Waals surface area contributed by atoms with Gasteiger partial charge in [0.25, 0.3) is 5.56 Å². The summed E-state index contributed by atoms with van der Waals surface area (Å²) in [5.41, 5.74) is 4.69. The van der Waals surface area contributed by atoms with Gasteiger partial charge in [-0.15, -0.1) is 11.3 Å². The molecule has 0 saturated heterocycles. The first-order valence-corrected chi connectivity index (χ1v) is 8.48. The van der Waals surface area contributed by atoms with Crippen LogP contribution < -0.4 is 5.56 Å². The van der Waals surface area contributed by atoms with Gasteiger partial charge >= 0.3 is 5.97 Å². The summed E-state index contributed by atoms with van der Waals surface area (Å²) in [4.78, 5) is 33.0. The molecule has 0 bridgehead atoms. The van der Waals surface area contributed by atoms with E-state index in [1.165, 1.54) is 21.8 Å². The van der Waals surface area contributed by atoms with Gasteiger partial charge in [-0.3, -0.25) is 9.20 Å². The van der Waals surface area contributed by atoms with Gasteiger partial charge in [0, 0.05) is 12.3 Å². The number of carbonyl (C=O) groups excluding carboxylic acids is 1. The van der Waals surface area contributed by atoms with E-state index in [-0.39, 0.29) is 12.2 Å². The van der Waals surface area contributed by atoms with Crippen LogP contribution in [0.4, 0.5) is 0 Å². The number of esters is 1. The minimum Gasteiger partial charge on any atom is -0.456 e. The zero-order chi connectivity index (χ0) is 17.4. The number of hydrogen-bond donors (Lipinski definition) is 0. The van der Waals surface area contributed by atoms with Gasteiger partial charge in [0.1, 0.15) is 12.3 Å². The Morgan fingerprint density at radius 3 is 3.04 bits per heavy atom. The Labute approximate surface area is 146 Å². The zero-order valence-electron chi connectivity index (χ0n) is 13.3. The van der Waals surface area contributed by atoms with Gasteiger partial charge in [0.05, 0.1) is 27.0 Å². The minimum atomic E-state index is -0.456. The Morgan fingerprint density at radius 2 is 2.16 bits per heavy atom. The van der Waals surface area contributed by atoms with E-state index in [0.717, 1.165) is 15.8 Å². The lowest BCUT2D eigenvalue weighted by Crippen LogP contribution is -2.17. The molecule has 0 saturated carbocycles. The normalized spacial score (nSPS) is 11.1. The number of nitrogens with zero attached hydrogens (tertiary/aromatic N) is 3. The van der Waals surface area contributed by atoms with E-state index in [1.54, 1.807) is 36.0 Å². The smallest absolute Gasteiger partial charge is 0.338 e. The fourth-order valence-corrected chi connectivity index (χ4v) is 3.30. The van der Waals surface area contributed by atoms with Crippen LogP contribution in [0.25, 0.3) is 15.9 Å². The van der Waals surface area contributed by atoms with Crippen LogP contribution >= 0.6 is 11.3 Å². The number of ether oxygens (including phenoxy) is 1. The summed E-state index contributed by atoms with van der Waals surface area (Å²) >= 11 is 1.46. The van der Waals surface area contributed by atoms with Crippen molar-refractivity contribution in [1.82, 2.24) is 14.4 Å². The average molecular weight is 351 g/mol. The van der Waals surface area contributed by atoms with Crippen LogP contribution in [0.1, 0.15) is 21.6 Å². The molecule has 4 aromatic rings. The van der Waals surface area contributed by atoms with Crippen molar-refractivity contribution in [2.45, 2.75) is 13.5 Å². The van der Waals surface area contributed by atoms with Crippen molar-refractivity contribution in [1.29, 1.82) is 0 Å². The fraction of sp³-hybridized carbons (Fsp3) is 0.111. The molecular weight excluding hydrogens is 338 g/mol. The first kappa shape index (κ1) is 15.5. The molecule has 25 heavy (non-hydrogen) atoms. The molecule has 7 heteroatoms. The Morgan fingerprint density at radius 1 is 1.28 bits per heavy atom. The molecule has 3 aromatic heterocycles. The van der Waals surface area contributed by atoms with Gasteiger partial charge in [-0.1, -0.05) is 6.07 Å². The number of fused-ring (bicyclic) bond motifs is 2. The van der Waals surface area contributed by atoms with E-state index in [0.29, 0.717) is 16.9 Å². The third-order valence-corrected chi connectivity index (χ3v) is 4.65. The van der Waals surface area contributed by atoms with E-state index in [4.69, 9.17) is 4.74 Å². The summed E-state index contributed by atoms with van der Waals surface area (Å²) in [6.07, 6.45) is 1.66. The highest BCUT2D eigenvalue weighted by Crippen LogP contribution is 2.19. The maximum atomic E-state index is 12.2. The van der Waals surface area contributed by atoms with Gasteiger partial charge < -0.3 is 4.74 Å². The molecule has 0 fully saturated rings. The summed E-state index contributed by atoms with van der Waals surface area (Å²) < 4.78 is 7.71. The number of aromatic nitrogens is 3. The molecule has 0 aliphatic heterocycles. The van der Waals surface area contributed by atoms with Gasteiger partial charge in [-0.25, -0.2) is 14.8 Å². The van der Waals surface area contributed by atoms with E-state index in [9.17, 15) is 9.59 Å². The number of aryl methyl sites for hydroxylation is 1. The number of thiazole rings is 1. The molecule has 0 radical (unpaired) electrons. The molecule has 0 N–H and O–H groups in total. The third-order valence-electron chi connectivity index (χ3n) is 3.86. The summed E-state index contributed by atoms with van der Waals surface area (Å²) in [5.74, 6) is -0.456. The number of carbonyl (C=O) groups is 1. The quantitative estimate of drug-likeness (QED) is 0.531. The topological polar surface area (TPSA) is 73.6 Å². The second kappa shape index (κ2) is 6.10. The molecule has 124 valence electrons. The molecule has 3 heterocycles. The highest BCUT2D eigenvalue weighted by atomic mass is 32.1. The van der Waals surface area contributed by atoms with Gasteiger partial charge in [0.15, 0.2) is 0 Å². The maximum Gasteiger partial charge on any atom is 0.338 e. The van der Waals surface area contributed by atoms with Gasteiger partial charge in [-0.2, -0.15) is 0 Å².